The maximum Gasteiger partial charge on any atom is 0.224 e. The second-order valence-electron chi connectivity index (χ2n) is 4.87. The van der Waals surface area contributed by atoms with Crippen molar-refractivity contribution in [3.63, 3.8) is 0 Å². The molecule has 2 aromatic rings. The molecule has 1 aliphatic rings. The third-order valence-electron chi connectivity index (χ3n) is 3.44. The molecule has 3 rings (SSSR count). The van der Waals surface area contributed by atoms with E-state index in [2.05, 4.69) is 5.32 Å². The maximum atomic E-state index is 14.1. The van der Waals surface area contributed by atoms with Crippen molar-refractivity contribution in [2.24, 2.45) is 0 Å². The summed E-state index contributed by atoms with van der Waals surface area (Å²) in [5.41, 5.74) is 1.59. The SMILES string of the molecule is O=C1CCc2cc(C(=O)c3ccc(Cl)cc3)c(F)cc2N1. The van der Waals surface area contributed by atoms with Crippen molar-refractivity contribution >= 4 is 29.0 Å². The third-order valence-corrected chi connectivity index (χ3v) is 3.69. The van der Waals surface area contributed by atoms with Crippen LogP contribution in [-0.2, 0) is 11.2 Å². The molecule has 106 valence electrons. The van der Waals surface area contributed by atoms with Gasteiger partial charge in [-0.25, -0.2) is 4.39 Å². The number of anilines is 1. The molecule has 1 amide bonds. The van der Waals surface area contributed by atoms with Gasteiger partial charge in [0.25, 0.3) is 0 Å². The highest BCUT2D eigenvalue weighted by molar-refractivity contribution is 6.30. The summed E-state index contributed by atoms with van der Waals surface area (Å²) >= 11 is 5.78. The Morgan fingerprint density at radius 2 is 1.86 bits per heavy atom. The molecule has 0 unspecified atom stereocenters. The Labute approximate surface area is 125 Å². The molecule has 2 aromatic carbocycles. The highest BCUT2D eigenvalue weighted by Gasteiger charge is 2.21. The van der Waals surface area contributed by atoms with Crippen LogP contribution in [0, 0.1) is 5.82 Å². The number of nitrogens with one attached hydrogen (secondary N) is 1. The minimum Gasteiger partial charge on any atom is -0.326 e. The van der Waals surface area contributed by atoms with Crippen molar-refractivity contribution in [2.45, 2.75) is 12.8 Å². The molecule has 1 heterocycles. The van der Waals surface area contributed by atoms with Crippen LogP contribution in [0.2, 0.25) is 5.02 Å². The van der Waals surface area contributed by atoms with Crippen molar-refractivity contribution in [1.82, 2.24) is 0 Å². The molecule has 0 fully saturated rings. The summed E-state index contributed by atoms with van der Waals surface area (Å²) in [5, 5.41) is 3.12. The Morgan fingerprint density at radius 1 is 1.14 bits per heavy atom. The number of carbonyl (C=O) groups excluding carboxylic acids is 2. The first kappa shape index (κ1) is 13.8. The predicted molar refractivity (Wildman–Crippen MR) is 78.2 cm³/mol. The average Bonchev–Trinajstić information content (AvgIpc) is 2.46. The van der Waals surface area contributed by atoms with Gasteiger partial charge in [-0.15, -0.1) is 0 Å². The molecule has 0 atom stereocenters. The number of carbonyl (C=O) groups is 2. The quantitative estimate of drug-likeness (QED) is 0.862. The summed E-state index contributed by atoms with van der Waals surface area (Å²) < 4.78 is 14.1. The first-order chi connectivity index (χ1) is 10.0. The number of halogens is 2. The second-order valence-corrected chi connectivity index (χ2v) is 5.31. The Kier molecular flexibility index (Phi) is 3.47. The normalized spacial score (nSPS) is 13.5. The van der Waals surface area contributed by atoms with Crippen molar-refractivity contribution < 1.29 is 14.0 Å². The van der Waals surface area contributed by atoms with E-state index in [1.165, 1.54) is 12.1 Å². The van der Waals surface area contributed by atoms with Gasteiger partial charge in [-0.1, -0.05) is 11.6 Å². The fourth-order valence-corrected chi connectivity index (χ4v) is 2.46. The first-order valence-electron chi connectivity index (χ1n) is 6.47. The van der Waals surface area contributed by atoms with Gasteiger partial charge in [-0.3, -0.25) is 9.59 Å². The lowest BCUT2D eigenvalue weighted by Crippen LogP contribution is -2.20. The van der Waals surface area contributed by atoms with Gasteiger partial charge in [-0.05, 0) is 48.4 Å². The fourth-order valence-electron chi connectivity index (χ4n) is 2.33. The van der Waals surface area contributed by atoms with E-state index in [0.29, 0.717) is 29.1 Å². The molecule has 0 bridgehead atoms. The first-order valence-corrected chi connectivity index (χ1v) is 6.85. The Balaban J connectivity index is 2.01. The van der Waals surface area contributed by atoms with Crippen molar-refractivity contribution in [3.05, 3.63) is 63.9 Å². The summed E-state index contributed by atoms with van der Waals surface area (Å²) in [6.07, 6.45) is 0.843. The van der Waals surface area contributed by atoms with E-state index in [4.69, 9.17) is 11.6 Å². The lowest BCUT2D eigenvalue weighted by molar-refractivity contribution is -0.116. The van der Waals surface area contributed by atoms with E-state index < -0.39 is 11.6 Å². The number of benzene rings is 2. The van der Waals surface area contributed by atoms with Gasteiger partial charge in [-0.2, -0.15) is 0 Å². The van der Waals surface area contributed by atoms with Crippen LogP contribution in [0.15, 0.2) is 36.4 Å². The van der Waals surface area contributed by atoms with Crippen LogP contribution in [0.25, 0.3) is 0 Å². The van der Waals surface area contributed by atoms with E-state index in [1.54, 1.807) is 24.3 Å². The molecule has 0 aromatic heterocycles. The van der Waals surface area contributed by atoms with Crippen LogP contribution in [0.3, 0.4) is 0 Å². The minimum atomic E-state index is -0.643. The predicted octanol–water partition coefficient (Wildman–Crippen LogP) is 3.59. The molecule has 0 saturated carbocycles. The van der Waals surface area contributed by atoms with Crippen molar-refractivity contribution in [3.8, 4) is 0 Å². The molecule has 1 aliphatic heterocycles. The van der Waals surface area contributed by atoms with E-state index in [-0.39, 0.29) is 11.5 Å². The number of amides is 1. The van der Waals surface area contributed by atoms with Crippen molar-refractivity contribution in [1.29, 1.82) is 0 Å². The summed E-state index contributed by atoms with van der Waals surface area (Å²) in [4.78, 5) is 23.7. The number of aryl methyl sites for hydroxylation is 1. The number of ketones is 1. The molecule has 21 heavy (non-hydrogen) atoms. The topological polar surface area (TPSA) is 46.2 Å². The maximum absolute atomic E-state index is 14.1. The Morgan fingerprint density at radius 3 is 2.57 bits per heavy atom. The van der Waals surface area contributed by atoms with Gasteiger partial charge >= 0.3 is 0 Å². The number of hydrogen-bond acceptors (Lipinski definition) is 2. The van der Waals surface area contributed by atoms with Gasteiger partial charge in [0.1, 0.15) is 5.82 Å². The summed E-state index contributed by atoms with van der Waals surface area (Å²) in [5.74, 6) is -1.18. The largest absolute Gasteiger partial charge is 0.326 e. The van der Waals surface area contributed by atoms with E-state index in [9.17, 15) is 14.0 Å². The Hall–Kier alpha value is -2.20. The molecule has 3 nitrogen and oxygen atoms in total. The number of rotatable bonds is 2. The monoisotopic (exact) mass is 303 g/mol. The van der Waals surface area contributed by atoms with Gasteiger partial charge in [0.15, 0.2) is 5.78 Å². The summed E-state index contributed by atoms with van der Waals surface area (Å²) in [6.45, 7) is 0. The average molecular weight is 304 g/mol. The molecule has 1 N–H and O–H groups in total. The minimum absolute atomic E-state index is 0.00669. The van der Waals surface area contributed by atoms with Gasteiger partial charge in [0, 0.05) is 22.7 Å². The molecule has 0 aliphatic carbocycles. The standard InChI is InChI=1S/C16H11ClFNO2/c17-11-4-1-9(2-5-11)16(21)12-7-10-3-6-15(20)19-14(10)8-13(12)18/h1-2,4-5,7-8H,3,6H2,(H,19,20). The van der Waals surface area contributed by atoms with Crippen LogP contribution in [-0.4, -0.2) is 11.7 Å². The second kappa shape index (κ2) is 5.30. The smallest absolute Gasteiger partial charge is 0.224 e. The molecule has 0 saturated heterocycles. The number of fused-ring (bicyclic) bond motifs is 1. The summed E-state index contributed by atoms with van der Waals surface area (Å²) in [6, 6.07) is 9.02. The molecule has 0 radical (unpaired) electrons. The molecular formula is C16H11ClFNO2. The Bertz CT molecular complexity index is 741. The number of hydrogen-bond donors (Lipinski definition) is 1. The lowest BCUT2D eigenvalue weighted by atomic mass is 9.96. The lowest BCUT2D eigenvalue weighted by Gasteiger charge is -2.18. The van der Waals surface area contributed by atoms with Crippen LogP contribution in [0.1, 0.15) is 27.9 Å². The van der Waals surface area contributed by atoms with Gasteiger partial charge < -0.3 is 5.32 Å². The van der Waals surface area contributed by atoms with Gasteiger partial charge in [0.05, 0.1) is 5.56 Å². The van der Waals surface area contributed by atoms with Crippen LogP contribution < -0.4 is 5.32 Å². The summed E-state index contributed by atoms with van der Waals surface area (Å²) in [7, 11) is 0. The van der Waals surface area contributed by atoms with Crippen molar-refractivity contribution in [2.75, 3.05) is 5.32 Å². The zero-order valence-electron chi connectivity index (χ0n) is 11.0. The fraction of sp³-hybridized carbons (Fsp3) is 0.125. The molecule has 5 heteroatoms. The van der Waals surface area contributed by atoms with Crippen LogP contribution in [0.5, 0.6) is 0 Å². The van der Waals surface area contributed by atoms with E-state index >= 15 is 0 Å². The molecule has 0 spiro atoms. The van der Waals surface area contributed by atoms with Gasteiger partial charge in [0.2, 0.25) is 5.91 Å². The highest BCUT2D eigenvalue weighted by atomic mass is 35.5. The zero-order valence-corrected chi connectivity index (χ0v) is 11.7. The molecular weight excluding hydrogens is 293 g/mol. The van der Waals surface area contributed by atoms with Crippen LogP contribution >= 0.6 is 11.6 Å². The van der Waals surface area contributed by atoms with E-state index in [1.807, 2.05) is 0 Å². The highest BCUT2D eigenvalue weighted by Crippen LogP contribution is 2.27. The third kappa shape index (κ3) is 2.67. The van der Waals surface area contributed by atoms with E-state index in [0.717, 1.165) is 5.56 Å². The zero-order chi connectivity index (χ0) is 15.0. The van der Waals surface area contributed by atoms with Crippen LogP contribution in [0.4, 0.5) is 10.1 Å².